The van der Waals surface area contributed by atoms with Gasteiger partial charge in [-0.25, -0.2) is 0 Å². The van der Waals surface area contributed by atoms with Crippen molar-refractivity contribution >= 4 is 34.6 Å². The number of amides is 1. The van der Waals surface area contributed by atoms with E-state index in [0.29, 0.717) is 16.5 Å². The zero-order valence-corrected chi connectivity index (χ0v) is 24.5. The molecule has 10 heteroatoms. The van der Waals surface area contributed by atoms with E-state index in [1.807, 2.05) is 54.6 Å². The van der Waals surface area contributed by atoms with Crippen LogP contribution < -0.4 is 25.0 Å². The minimum atomic E-state index is -0.283. The van der Waals surface area contributed by atoms with Gasteiger partial charge >= 0.3 is 0 Å². The number of anilines is 2. The molecule has 0 radical (unpaired) electrons. The van der Waals surface area contributed by atoms with E-state index in [0.717, 1.165) is 39.8 Å². The maximum Gasteiger partial charge on any atom is 0.250 e. The first-order valence-electron chi connectivity index (χ1n) is 13.2. The number of thiocarbonyl (C=S) groups is 1. The molecule has 1 saturated heterocycles. The summed E-state index contributed by atoms with van der Waals surface area (Å²) in [5, 5.41) is 6.96. The van der Waals surface area contributed by atoms with Crippen LogP contribution in [0.15, 0.2) is 72.9 Å². The van der Waals surface area contributed by atoms with Gasteiger partial charge in [0, 0.05) is 42.1 Å². The van der Waals surface area contributed by atoms with E-state index in [4.69, 9.17) is 26.4 Å². The van der Waals surface area contributed by atoms with Crippen molar-refractivity contribution in [1.29, 1.82) is 0 Å². The highest BCUT2D eigenvalue weighted by Gasteiger charge is 2.42. The SMILES string of the molecule is COCC(=O)Nc1cc(N2C(=S)NC(c3ccccn3)C2c2cc(C)n(-c3cccc(OC)c3)c2C)ccc1OC. The lowest BCUT2D eigenvalue weighted by atomic mass is 9.96. The number of hydrogen-bond acceptors (Lipinski definition) is 6. The summed E-state index contributed by atoms with van der Waals surface area (Å²) in [7, 11) is 4.71. The summed E-state index contributed by atoms with van der Waals surface area (Å²) < 4.78 is 18.2. The lowest BCUT2D eigenvalue weighted by molar-refractivity contribution is -0.119. The maximum atomic E-state index is 12.4. The Balaban J connectivity index is 1.65. The van der Waals surface area contributed by atoms with Gasteiger partial charge in [0.2, 0.25) is 5.91 Å². The van der Waals surface area contributed by atoms with Crippen LogP contribution in [-0.2, 0) is 9.53 Å². The number of rotatable bonds is 9. The topological polar surface area (TPSA) is 89.9 Å². The Morgan fingerprint density at radius 3 is 2.54 bits per heavy atom. The molecule has 41 heavy (non-hydrogen) atoms. The standard InChI is InChI=1S/C31H33N5O4S/c1-19-15-24(20(2)35(19)21-9-8-10-23(16-21)39-4)30-29(25-11-6-7-14-32-25)34-31(41)36(30)22-12-13-27(40-5)26(17-22)33-28(37)18-38-3/h6-17,29-30H,18H2,1-5H3,(H,33,37)(H,34,41). The molecule has 1 aliphatic rings. The van der Waals surface area contributed by atoms with Crippen LogP contribution in [0, 0.1) is 13.8 Å². The van der Waals surface area contributed by atoms with Gasteiger partial charge in [0.1, 0.15) is 18.1 Å². The molecule has 212 valence electrons. The van der Waals surface area contributed by atoms with Gasteiger partial charge in [0.15, 0.2) is 5.11 Å². The van der Waals surface area contributed by atoms with E-state index in [1.165, 1.54) is 7.11 Å². The molecular weight excluding hydrogens is 538 g/mol. The number of carbonyl (C=O) groups excluding carboxylic acids is 1. The first-order chi connectivity index (χ1) is 19.9. The average molecular weight is 572 g/mol. The van der Waals surface area contributed by atoms with Crippen molar-refractivity contribution in [2.24, 2.45) is 0 Å². The third kappa shape index (κ3) is 5.48. The number of aryl methyl sites for hydroxylation is 1. The summed E-state index contributed by atoms with van der Waals surface area (Å²) >= 11 is 5.94. The highest BCUT2D eigenvalue weighted by atomic mass is 32.1. The Morgan fingerprint density at radius 2 is 1.83 bits per heavy atom. The number of hydrogen-bond donors (Lipinski definition) is 2. The summed E-state index contributed by atoms with van der Waals surface area (Å²) in [6, 6.07) is 21.3. The van der Waals surface area contributed by atoms with E-state index >= 15 is 0 Å². The molecule has 0 bridgehead atoms. The van der Waals surface area contributed by atoms with E-state index in [9.17, 15) is 4.79 Å². The van der Waals surface area contributed by atoms with Gasteiger partial charge in [0.25, 0.3) is 0 Å². The minimum Gasteiger partial charge on any atom is -0.497 e. The molecule has 0 saturated carbocycles. The van der Waals surface area contributed by atoms with Crippen molar-refractivity contribution in [3.63, 3.8) is 0 Å². The van der Waals surface area contributed by atoms with Crippen molar-refractivity contribution in [3.05, 3.63) is 95.6 Å². The summed E-state index contributed by atoms with van der Waals surface area (Å²) in [5.74, 6) is 1.04. The van der Waals surface area contributed by atoms with Crippen LogP contribution in [0.2, 0.25) is 0 Å². The lowest BCUT2D eigenvalue weighted by Crippen LogP contribution is -2.29. The molecule has 1 amide bonds. The quantitative estimate of drug-likeness (QED) is 0.263. The number of carbonyl (C=O) groups is 1. The highest BCUT2D eigenvalue weighted by molar-refractivity contribution is 7.80. The molecular formula is C31H33N5O4S. The van der Waals surface area contributed by atoms with E-state index < -0.39 is 0 Å². The second kappa shape index (κ2) is 12.0. The van der Waals surface area contributed by atoms with E-state index in [2.05, 4.69) is 51.1 Å². The zero-order chi connectivity index (χ0) is 29.1. The fourth-order valence-corrected chi connectivity index (χ4v) is 5.79. The van der Waals surface area contributed by atoms with Gasteiger partial charge in [-0.3, -0.25) is 9.78 Å². The number of nitrogens with zero attached hydrogens (tertiary/aromatic N) is 3. The molecule has 9 nitrogen and oxygen atoms in total. The molecule has 2 aromatic carbocycles. The van der Waals surface area contributed by atoms with Crippen LogP contribution >= 0.6 is 12.2 Å². The highest BCUT2D eigenvalue weighted by Crippen LogP contribution is 2.45. The maximum absolute atomic E-state index is 12.4. The second-order valence-corrected chi connectivity index (χ2v) is 10.1. The normalized spacial score (nSPS) is 16.4. The Hall–Kier alpha value is -4.41. The molecule has 1 fully saturated rings. The third-order valence-corrected chi connectivity index (χ3v) is 7.52. The summed E-state index contributed by atoms with van der Waals surface area (Å²) in [6.07, 6.45) is 1.79. The van der Waals surface area contributed by atoms with Crippen molar-refractivity contribution in [3.8, 4) is 17.2 Å². The summed E-state index contributed by atoms with van der Waals surface area (Å²) in [4.78, 5) is 19.2. The molecule has 5 rings (SSSR count). The van der Waals surface area contributed by atoms with Crippen molar-refractivity contribution in [2.75, 3.05) is 38.2 Å². The molecule has 2 atom stereocenters. The number of nitrogens with one attached hydrogen (secondary N) is 2. The molecule has 2 N–H and O–H groups in total. The molecule has 0 spiro atoms. The van der Waals surface area contributed by atoms with Gasteiger partial charge < -0.3 is 34.3 Å². The Bertz CT molecular complexity index is 1570. The zero-order valence-electron chi connectivity index (χ0n) is 23.7. The summed E-state index contributed by atoms with van der Waals surface area (Å²) in [6.45, 7) is 4.13. The molecule has 3 heterocycles. The number of ether oxygens (including phenoxy) is 3. The monoisotopic (exact) mass is 571 g/mol. The van der Waals surface area contributed by atoms with Crippen molar-refractivity contribution in [2.45, 2.75) is 25.9 Å². The van der Waals surface area contributed by atoms with Gasteiger partial charge in [-0.1, -0.05) is 12.1 Å². The van der Waals surface area contributed by atoms with E-state index in [1.54, 1.807) is 20.4 Å². The largest absolute Gasteiger partial charge is 0.497 e. The smallest absolute Gasteiger partial charge is 0.250 e. The van der Waals surface area contributed by atoms with Crippen LogP contribution in [0.1, 0.15) is 34.7 Å². The molecule has 2 aromatic heterocycles. The van der Waals surface area contributed by atoms with Crippen LogP contribution in [0.25, 0.3) is 5.69 Å². The number of methoxy groups -OCH3 is 3. The van der Waals surface area contributed by atoms with Crippen LogP contribution in [0.5, 0.6) is 11.5 Å². The first-order valence-corrected chi connectivity index (χ1v) is 13.6. The fourth-order valence-electron chi connectivity index (χ4n) is 5.44. The molecule has 2 unspecified atom stereocenters. The van der Waals surface area contributed by atoms with Gasteiger partial charge in [-0.2, -0.15) is 0 Å². The first kappa shape index (κ1) is 28.1. The predicted octanol–water partition coefficient (Wildman–Crippen LogP) is 5.27. The molecule has 1 aliphatic heterocycles. The van der Waals surface area contributed by atoms with Crippen molar-refractivity contribution in [1.82, 2.24) is 14.9 Å². The van der Waals surface area contributed by atoms with Gasteiger partial charge in [0.05, 0.1) is 37.7 Å². The van der Waals surface area contributed by atoms with Gasteiger partial charge in [-0.05, 0) is 80.2 Å². The van der Waals surface area contributed by atoms with Crippen LogP contribution in [-0.4, -0.2) is 48.5 Å². The average Bonchev–Trinajstić information content (AvgIpc) is 3.48. The lowest BCUT2D eigenvalue weighted by Gasteiger charge is -2.29. The second-order valence-electron chi connectivity index (χ2n) is 9.73. The minimum absolute atomic E-state index is 0.0717. The summed E-state index contributed by atoms with van der Waals surface area (Å²) in [5.41, 5.74) is 6.44. The fraction of sp³-hybridized carbons (Fsp3) is 0.258. The Labute approximate surface area is 245 Å². The Kier molecular flexibility index (Phi) is 8.23. The van der Waals surface area contributed by atoms with Crippen molar-refractivity contribution < 1.29 is 19.0 Å². The Morgan fingerprint density at radius 1 is 1.00 bits per heavy atom. The van der Waals surface area contributed by atoms with Crippen LogP contribution in [0.3, 0.4) is 0 Å². The van der Waals surface area contributed by atoms with E-state index in [-0.39, 0.29) is 24.6 Å². The number of aromatic nitrogens is 2. The van der Waals surface area contributed by atoms with Crippen LogP contribution in [0.4, 0.5) is 11.4 Å². The number of benzene rings is 2. The predicted molar refractivity (Wildman–Crippen MR) is 163 cm³/mol. The number of pyridine rings is 1. The molecule has 0 aliphatic carbocycles. The third-order valence-electron chi connectivity index (χ3n) is 7.21. The van der Waals surface area contributed by atoms with Gasteiger partial charge in [-0.15, -0.1) is 0 Å². The molecule has 4 aromatic rings.